The SMILES string of the molecule is CCc1ccc(S(=O)(=O)Nc2nccnn2)cc1CNC. The highest BCUT2D eigenvalue weighted by molar-refractivity contribution is 7.92. The Morgan fingerprint density at radius 3 is 2.62 bits per heavy atom. The van der Waals surface area contributed by atoms with E-state index in [0.717, 1.165) is 17.5 Å². The first-order valence-corrected chi connectivity index (χ1v) is 7.98. The fraction of sp³-hybridized carbons (Fsp3) is 0.308. The van der Waals surface area contributed by atoms with Crippen molar-refractivity contribution in [3.63, 3.8) is 0 Å². The summed E-state index contributed by atoms with van der Waals surface area (Å²) < 4.78 is 26.9. The first kappa shape index (κ1) is 15.3. The van der Waals surface area contributed by atoms with Crippen LogP contribution in [-0.2, 0) is 23.0 Å². The average Bonchev–Trinajstić information content (AvgIpc) is 2.48. The molecule has 1 aromatic heterocycles. The van der Waals surface area contributed by atoms with E-state index in [9.17, 15) is 8.42 Å². The van der Waals surface area contributed by atoms with Crippen molar-refractivity contribution in [2.45, 2.75) is 24.8 Å². The van der Waals surface area contributed by atoms with Gasteiger partial charge in [-0.2, -0.15) is 5.10 Å². The van der Waals surface area contributed by atoms with Gasteiger partial charge in [0.2, 0.25) is 0 Å². The lowest BCUT2D eigenvalue weighted by Crippen LogP contribution is -2.16. The lowest BCUT2D eigenvalue weighted by atomic mass is 10.1. The number of aromatic nitrogens is 3. The van der Waals surface area contributed by atoms with Gasteiger partial charge in [0.1, 0.15) is 0 Å². The van der Waals surface area contributed by atoms with E-state index in [2.05, 4.69) is 25.2 Å². The van der Waals surface area contributed by atoms with Crippen LogP contribution in [0.5, 0.6) is 0 Å². The molecule has 0 atom stereocenters. The Morgan fingerprint density at radius 2 is 2.00 bits per heavy atom. The maximum Gasteiger partial charge on any atom is 0.264 e. The zero-order valence-electron chi connectivity index (χ0n) is 11.9. The van der Waals surface area contributed by atoms with E-state index in [1.807, 2.05) is 20.0 Å². The van der Waals surface area contributed by atoms with Gasteiger partial charge in [0.05, 0.1) is 17.3 Å². The first-order valence-electron chi connectivity index (χ1n) is 6.49. The minimum atomic E-state index is -3.72. The Morgan fingerprint density at radius 1 is 1.19 bits per heavy atom. The Labute approximate surface area is 123 Å². The molecule has 2 aromatic rings. The van der Waals surface area contributed by atoms with Gasteiger partial charge in [-0.15, -0.1) is 5.10 Å². The molecule has 0 fully saturated rings. The van der Waals surface area contributed by atoms with E-state index in [1.165, 1.54) is 12.4 Å². The number of nitrogens with one attached hydrogen (secondary N) is 2. The molecule has 0 saturated heterocycles. The van der Waals surface area contributed by atoms with Crippen LogP contribution in [0.4, 0.5) is 5.95 Å². The number of sulfonamides is 1. The third kappa shape index (κ3) is 3.73. The molecule has 0 saturated carbocycles. The number of hydrogen-bond donors (Lipinski definition) is 2. The van der Waals surface area contributed by atoms with Gasteiger partial charge in [-0.3, -0.25) is 0 Å². The van der Waals surface area contributed by atoms with Crippen LogP contribution < -0.4 is 10.0 Å². The highest BCUT2D eigenvalue weighted by Gasteiger charge is 2.17. The van der Waals surface area contributed by atoms with Gasteiger partial charge in [0.25, 0.3) is 16.0 Å². The third-order valence-electron chi connectivity index (χ3n) is 2.94. The molecule has 0 unspecified atom stereocenters. The van der Waals surface area contributed by atoms with Crippen LogP contribution in [0.25, 0.3) is 0 Å². The van der Waals surface area contributed by atoms with Crippen LogP contribution in [-0.4, -0.2) is 30.6 Å². The molecule has 8 heteroatoms. The summed E-state index contributed by atoms with van der Waals surface area (Å²) in [5, 5.41) is 10.2. The van der Waals surface area contributed by atoms with E-state index in [-0.39, 0.29) is 10.8 Å². The van der Waals surface area contributed by atoms with Gasteiger partial charge < -0.3 is 5.32 Å². The van der Waals surface area contributed by atoms with Crippen molar-refractivity contribution in [3.8, 4) is 0 Å². The second-order valence-electron chi connectivity index (χ2n) is 4.39. The Kier molecular flexibility index (Phi) is 4.81. The zero-order chi connectivity index (χ0) is 15.3. The number of benzene rings is 1. The maximum absolute atomic E-state index is 12.3. The van der Waals surface area contributed by atoms with Crippen LogP contribution in [0.3, 0.4) is 0 Å². The molecular formula is C13H17N5O2S. The summed E-state index contributed by atoms with van der Waals surface area (Å²) in [6, 6.07) is 5.07. The summed E-state index contributed by atoms with van der Waals surface area (Å²) in [6.07, 6.45) is 3.59. The number of nitrogens with zero attached hydrogens (tertiary/aromatic N) is 3. The van der Waals surface area contributed by atoms with E-state index in [1.54, 1.807) is 12.1 Å². The highest BCUT2D eigenvalue weighted by Crippen LogP contribution is 2.18. The zero-order valence-corrected chi connectivity index (χ0v) is 12.7. The van der Waals surface area contributed by atoms with Crippen molar-refractivity contribution in [2.75, 3.05) is 11.8 Å². The Bertz CT molecular complexity index is 704. The smallest absolute Gasteiger partial charge is 0.264 e. The first-order chi connectivity index (χ1) is 10.1. The fourth-order valence-electron chi connectivity index (χ4n) is 1.94. The van der Waals surface area contributed by atoms with Crippen LogP contribution in [0.15, 0.2) is 35.5 Å². The van der Waals surface area contributed by atoms with E-state index >= 15 is 0 Å². The third-order valence-corrected chi connectivity index (χ3v) is 4.27. The quantitative estimate of drug-likeness (QED) is 0.825. The number of rotatable bonds is 6. The van der Waals surface area contributed by atoms with Gasteiger partial charge in [0.15, 0.2) is 0 Å². The molecule has 2 N–H and O–H groups in total. The lowest BCUT2D eigenvalue weighted by molar-refractivity contribution is 0.600. The summed E-state index contributed by atoms with van der Waals surface area (Å²) >= 11 is 0. The van der Waals surface area contributed by atoms with Crippen molar-refractivity contribution < 1.29 is 8.42 Å². The van der Waals surface area contributed by atoms with Crippen molar-refractivity contribution >= 4 is 16.0 Å². The second-order valence-corrected chi connectivity index (χ2v) is 6.07. The molecule has 0 spiro atoms. The minimum absolute atomic E-state index is 0.0489. The minimum Gasteiger partial charge on any atom is -0.316 e. The molecule has 21 heavy (non-hydrogen) atoms. The molecule has 0 aliphatic carbocycles. The summed E-state index contributed by atoms with van der Waals surface area (Å²) in [5.74, 6) is -0.0489. The molecule has 0 radical (unpaired) electrons. The van der Waals surface area contributed by atoms with Gasteiger partial charge in [-0.1, -0.05) is 13.0 Å². The van der Waals surface area contributed by atoms with Gasteiger partial charge in [-0.25, -0.2) is 18.1 Å². The number of hydrogen-bond acceptors (Lipinski definition) is 6. The average molecular weight is 307 g/mol. The normalized spacial score (nSPS) is 11.3. The molecule has 1 aromatic carbocycles. The molecule has 7 nitrogen and oxygen atoms in total. The number of aryl methyl sites for hydroxylation is 1. The molecule has 112 valence electrons. The van der Waals surface area contributed by atoms with Crippen LogP contribution in [0.1, 0.15) is 18.1 Å². The van der Waals surface area contributed by atoms with Crippen molar-refractivity contribution in [2.24, 2.45) is 0 Å². The predicted octanol–water partition coefficient (Wildman–Crippen LogP) is 0.954. The van der Waals surface area contributed by atoms with Gasteiger partial charge >= 0.3 is 0 Å². The Balaban J connectivity index is 2.34. The number of anilines is 1. The summed E-state index contributed by atoms with van der Waals surface area (Å²) in [7, 11) is -1.90. The molecule has 0 aliphatic rings. The molecule has 2 rings (SSSR count). The van der Waals surface area contributed by atoms with Crippen molar-refractivity contribution in [3.05, 3.63) is 41.7 Å². The lowest BCUT2D eigenvalue weighted by Gasteiger charge is -2.11. The van der Waals surface area contributed by atoms with Crippen molar-refractivity contribution in [1.29, 1.82) is 0 Å². The predicted molar refractivity (Wildman–Crippen MR) is 79.2 cm³/mol. The molecule has 0 aliphatic heterocycles. The van der Waals surface area contributed by atoms with E-state index < -0.39 is 10.0 Å². The topological polar surface area (TPSA) is 96.9 Å². The van der Waals surface area contributed by atoms with Crippen LogP contribution in [0, 0.1) is 0 Å². The van der Waals surface area contributed by atoms with Crippen molar-refractivity contribution in [1.82, 2.24) is 20.5 Å². The molecule has 1 heterocycles. The van der Waals surface area contributed by atoms with E-state index in [4.69, 9.17) is 0 Å². The summed E-state index contributed by atoms with van der Waals surface area (Å²) in [5.41, 5.74) is 2.07. The second kappa shape index (κ2) is 6.59. The monoisotopic (exact) mass is 307 g/mol. The van der Waals surface area contributed by atoms with E-state index in [0.29, 0.717) is 6.54 Å². The fourth-order valence-corrected chi connectivity index (χ4v) is 2.94. The summed E-state index contributed by atoms with van der Waals surface area (Å²) in [4.78, 5) is 3.98. The standard InChI is InChI=1S/C13H17N5O2S/c1-3-10-4-5-12(8-11(10)9-14-2)21(19,20)18-13-15-6-7-16-17-13/h4-8,14H,3,9H2,1-2H3,(H,15,17,18). The van der Waals surface area contributed by atoms with Gasteiger partial charge in [-0.05, 0) is 36.7 Å². The van der Waals surface area contributed by atoms with Crippen LogP contribution in [0.2, 0.25) is 0 Å². The molecular weight excluding hydrogens is 290 g/mol. The largest absolute Gasteiger partial charge is 0.316 e. The Hall–Kier alpha value is -2.06. The van der Waals surface area contributed by atoms with Crippen LogP contribution >= 0.6 is 0 Å². The van der Waals surface area contributed by atoms with Gasteiger partial charge in [0, 0.05) is 6.54 Å². The molecule has 0 amide bonds. The maximum atomic E-state index is 12.3. The summed E-state index contributed by atoms with van der Waals surface area (Å²) in [6.45, 7) is 2.64. The molecule has 0 bridgehead atoms. The highest BCUT2D eigenvalue weighted by atomic mass is 32.2.